The van der Waals surface area contributed by atoms with Crippen LogP contribution in [0.1, 0.15) is 18.9 Å². The van der Waals surface area contributed by atoms with Crippen LogP contribution in [0, 0.1) is 0 Å². The number of hydrogen-bond donors (Lipinski definition) is 1. The summed E-state index contributed by atoms with van der Waals surface area (Å²) in [7, 11) is 0. The maximum absolute atomic E-state index is 12.6. The molecule has 0 aliphatic carbocycles. The van der Waals surface area contributed by atoms with Gasteiger partial charge in [0.25, 0.3) is 0 Å². The molecule has 0 radical (unpaired) electrons. The second-order valence-corrected chi connectivity index (χ2v) is 5.26. The highest BCUT2D eigenvalue weighted by Gasteiger charge is 2.35. The van der Waals surface area contributed by atoms with Crippen molar-refractivity contribution in [3.63, 3.8) is 0 Å². The summed E-state index contributed by atoms with van der Waals surface area (Å²) in [5, 5.41) is 3.33. The van der Waals surface area contributed by atoms with Crippen molar-refractivity contribution in [1.29, 1.82) is 0 Å². The first-order valence-electron chi connectivity index (χ1n) is 7.18. The Balaban J connectivity index is 1.81. The first-order valence-corrected chi connectivity index (χ1v) is 7.18. The van der Waals surface area contributed by atoms with Gasteiger partial charge in [0.1, 0.15) is 0 Å². The SMILES string of the molecule is CCc1ccccc1N1CCN(C2CCNC2)C1=O. The molecule has 2 fully saturated rings. The van der Waals surface area contributed by atoms with Crippen LogP contribution in [0.15, 0.2) is 24.3 Å². The van der Waals surface area contributed by atoms with Crippen molar-refractivity contribution in [3.8, 4) is 0 Å². The average molecular weight is 259 g/mol. The number of para-hydroxylation sites is 1. The predicted molar refractivity (Wildman–Crippen MR) is 76.5 cm³/mol. The minimum atomic E-state index is 0.176. The molecule has 2 aliphatic rings. The summed E-state index contributed by atoms with van der Waals surface area (Å²) >= 11 is 0. The highest BCUT2D eigenvalue weighted by molar-refractivity contribution is 5.95. The Kier molecular flexibility index (Phi) is 3.42. The Labute approximate surface area is 114 Å². The third-order valence-corrected chi connectivity index (χ3v) is 4.18. The van der Waals surface area contributed by atoms with Crippen molar-refractivity contribution in [2.45, 2.75) is 25.8 Å². The van der Waals surface area contributed by atoms with E-state index < -0.39 is 0 Å². The number of nitrogens with one attached hydrogen (secondary N) is 1. The van der Waals surface area contributed by atoms with Crippen molar-refractivity contribution in [3.05, 3.63) is 29.8 Å². The fourth-order valence-corrected chi connectivity index (χ4v) is 3.09. The molecule has 2 amide bonds. The Morgan fingerprint density at radius 2 is 2.16 bits per heavy atom. The fourth-order valence-electron chi connectivity index (χ4n) is 3.09. The molecule has 2 saturated heterocycles. The minimum absolute atomic E-state index is 0.176. The number of nitrogens with zero attached hydrogens (tertiary/aromatic N) is 2. The molecule has 3 rings (SSSR count). The van der Waals surface area contributed by atoms with Gasteiger partial charge in [-0.05, 0) is 31.0 Å². The minimum Gasteiger partial charge on any atom is -0.318 e. The van der Waals surface area contributed by atoms with Gasteiger partial charge in [0.15, 0.2) is 0 Å². The van der Waals surface area contributed by atoms with Crippen LogP contribution in [0.2, 0.25) is 0 Å². The fraction of sp³-hybridized carbons (Fsp3) is 0.533. The van der Waals surface area contributed by atoms with Gasteiger partial charge in [-0.1, -0.05) is 25.1 Å². The van der Waals surface area contributed by atoms with E-state index in [1.165, 1.54) is 5.56 Å². The van der Waals surface area contributed by atoms with E-state index in [9.17, 15) is 4.79 Å². The number of amides is 2. The molecule has 1 unspecified atom stereocenters. The van der Waals surface area contributed by atoms with Gasteiger partial charge >= 0.3 is 6.03 Å². The first kappa shape index (κ1) is 12.5. The number of aryl methyl sites for hydroxylation is 1. The third kappa shape index (κ3) is 2.21. The molecule has 4 nitrogen and oxygen atoms in total. The molecular formula is C15H21N3O. The molecule has 0 spiro atoms. The maximum Gasteiger partial charge on any atom is 0.324 e. The van der Waals surface area contributed by atoms with Crippen LogP contribution < -0.4 is 10.2 Å². The second kappa shape index (κ2) is 5.21. The van der Waals surface area contributed by atoms with E-state index in [1.807, 2.05) is 21.9 Å². The zero-order valence-electron chi connectivity index (χ0n) is 11.4. The zero-order valence-corrected chi connectivity index (χ0v) is 11.4. The zero-order chi connectivity index (χ0) is 13.2. The Hall–Kier alpha value is -1.55. The van der Waals surface area contributed by atoms with Crippen LogP contribution in [-0.4, -0.2) is 43.2 Å². The molecule has 1 atom stereocenters. The van der Waals surface area contributed by atoms with E-state index in [1.54, 1.807) is 0 Å². The lowest BCUT2D eigenvalue weighted by atomic mass is 10.1. The lowest BCUT2D eigenvalue weighted by Crippen LogP contribution is -2.40. The Bertz CT molecular complexity index is 468. The predicted octanol–water partition coefficient (Wildman–Crippen LogP) is 1.85. The molecule has 102 valence electrons. The molecule has 0 aromatic heterocycles. The summed E-state index contributed by atoms with van der Waals surface area (Å²) in [4.78, 5) is 16.6. The van der Waals surface area contributed by atoms with Crippen LogP contribution in [0.25, 0.3) is 0 Å². The number of hydrogen-bond acceptors (Lipinski definition) is 2. The van der Waals surface area contributed by atoms with Gasteiger partial charge in [-0.15, -0.1) is 0 Å². The quantitative estimate of drug-likeness (QED) is 0.899. The summed E-state index contributed by atoms with van der Waals surface area (Å²) in [6, 6.07) is 8.79. The van der Waals surface area contributed by atoms with Crippen molar-refractivity contribution < 1.29 is 4.79 Å². The Morgan fingerprint density at radius 3 is 2.89 bits per heavy atom. The van der Waals surface area contributed by atoms with E-state index in [2.05, 4.69) is 24.4 Å². The largest absolute Gasteiger partial charge is 0.324 e. The van der Waals surface area contributed by atoms with Gasteiger partial charge in [-0.3, -0.25) is 4.90 Å². The normalized spacial score (nSPS) is 23.4. The molecule has 1 aromatic carbocycles. The van der Waals surface area contributed by atoms with Gasteiger partial charge in [-0.25, -0.2) is 4.79 Å². The van der Waals surface area contributed by atoms with Gasteiger partial charge in [-0.2, -0.15) is 0 Å². The van der Waals surface area contributed by atoms with Crippen LogP contribution in [0.4, 0.5) is 10.5 Å². The number of carbonyl (C=O) groups excluding carboxylic acids is 1. The van der Waals surface area contributed by atoms with E-state index in [0.717, 1.165) is 44.7 Å². The number of carbonyl (C=O) groups is 1. The number of benzene rings is 1. The smallest absolute Gasteiger partial charge is 0.318 e. The van der Waals surface area contributed by atoms with Crippen molar-refractivity contribution in [2.24, 2.45) is 0 Å². The van der Waals surface area contributed by atoms with Crippen LogP contribution in [0.5, 0.6) is 0 Å². The van der Waals surface area contributed by atoms with E-state index in [4.69, 9.17) is 0 Å². The maximum atomic E-state index is 12.6. The monoisotopic (exact) mass is 259 g/mol. The summed E-state index contributed by atoms with van der Waals surface area (Å²) in [5.41, 5.74) is 2.34. The highest BCUT2D eigenvalue weighted by Crippen LogP contribution is 2.26. The highest BCUT2D eigenvalue weighted by atomic mass is 16.2. The van der Waals surface area contributed by atoms with Crippen LogP contribution >= 0.6 is 0 Å². The molecular weight excluding hydrogens is 238 g/mol. The summed E-state index contributed by atoms with van der Waals surface area (Å²) in [6.07, 6.45) is 2.04. The second-order valence-electron chi connectivity index (χ2n) is 5.26. The molecule has 19 heavy (non-hydrogen) atoms. The van der Waals surface area contributed by atoms with Crippen molar-refractivity contribution in [1.82, 2.24) is 10.2 Å². The van der Waals surface area contributed by atoms with E-state index in [0.29, 0.717) is 6.04 Å². The van der Waals surface area contributed by atoms with Crippen LogP contribution in [-0.2, 0) is 6.42 Å². The average Bonchev–Trinajstić information content (AvgIpc) is 3.08. The molecule has 0 bridgehead atoms. The summed E-state index contributed by atoms with van der Waals surface area (Å²) < 4.78 is 0. The first-order chi connectivity index (χ1) is 9.31. The molecule has 2 aliphatic heterocycles. The molecule has 1 N–H and O–H groups in total. The van der Waals surface area contributed by atoms with Crippen molar-refractivity contribution >= 4 is 11.7 Å². The summed E-state index contributed by atoms with van der Waals surface area (Å²) in [6.45, 7) is 5.77. The van der Waals surface area contributed by atoms with Crippen LogP contribution in [0.3, 0.4) is 0 Å². The van der Waals surface area contributed by atoms with E-state index >= 15 is 0 Å². The lowest BCUT2D eigenvalue weighted by molar-refractivity contribution is 0.205. The molecule has 0 saturated carbocycles. The van der Waals surface area contributed by atoms with Gasteiger partial charge < -0.3 is 10.2 Å². The van der Waals surface area contributed by atoms with E-state index in [-0.39, 0.29) is 6.03 Å². The lowest BCUT2D eigenvalue weighted by Gasteiger charge is -2.24. The van der Waals surface area contributed by atoms with Gasteiger partial charge in [0.05, 0.1) is 0 Å². The molecule has 4 heteroatoms. The molecule has 1 aromatic rings. The van der Waals surface area contributed by atoms with Gasteiger partial charge in [0.2, 0.25) is 0 Å². The summed E-state index contributed by atoms with van der Waals surface area (Å²) in [5.74, 6) is 0. The van der Waals surface area contributed by atoms with Crippen molar-refractivity contribution in [2.75, 3.05) is 31.1 Å². The molecule has 2 heterocycles. The number of anilines is 1. The van der Waals surface area contributed by atoms with Gasteiger partial charge in [0, 0.05) is 31.4 Å². The number of rotatable bonds is 3. The third-order valence-electron chi connectivity index (χ3n) is 4.18. The standard InChI is InChI=1S/C15H21N3O/c1-2-12-5-3-4-6-14(12)18-10-9-17(15(18)19)13-7-8-16-11-13/h3-6,13,16H,2,7-11H2,1H3. The number of urea groups is 1. The Morgan fingerprint density at radius 1 is 1.32 bits per heavy atom. The topological polar surface area (TPSA) is 35.6 Å².